The van der Waals surface area contributed by atoms with Crippen LogP contribution in [0.1, 0.15) is 36.0 Å². The first-order valence-electron chi connectivity index (χ1n) is 6.44. The number of ether oxygens (including phenoxy) is 1. The van der Waals surface area contributed by atoms with Crippen LogP contribution < -0.4 is 4.74 Å². The van der Waals surface area contributed by atoms with Crippen molar-refractivity contribution in [1.29, 1.82) is 0 Å². The topological polar surface area (TPSA) is 29.5 Å². The fourth-order valence-electron chi connectivity index (χ4n) is 2.36. The molecule has 0 aliphatic heterocycles. The lowest BCUT2D eigenvalue weighted by Gasteiger charge is -2.13. The normalized spacial score (nSPS) is 16.9. The summed E-state index contributed by atoms with van der Waals surface area (Å²) in [4.78, 5) is 0. The first-order valence-corrected chi connectivity index (χ1v) is 6.44. The van der Waals surface area contributed by atoms with Gasteiger partial charge in [0.1, 0.15) is 5.75 Å². The first kappa shape index (κ1) is 12.4. The summed E-state index contributed by atoms with van der Waals surface area (Å²) in [7, 11) is 1.71. The predicted octanol–water partition coefficient (Wildman–Crippen LogP) is 3.02. The van der Waals surface area contributed by atoms with Gasteiger partial charge in [-0.05, 0) is 68.2 Å². The van der Waals surface area contributed by atoms with Crippen LogP contribution in [0.2, 0.25) is 0 Å². The summed E-state index contributed by atoms with van der Waals surface area (Å²) in [5.41, 5.74) is 3.77. The highest BCUT2D eigenvalue weighted by molar-refractivity contribution is 5.41. The Morgan fingerprint density at radius 2 is 2.00 bits per heavy atom. The molecule has 94 valence electrons. The fourth-order valence-corrected chi connectivity index (χ4v) is 2.36. The zero-order chi connectivity index (χ0) is 12.4. The van der Waals surface area contributed by atoms with Crippen molar-refractivity contribution in [3.8, 4) is 5.75 Å². The molecule has 0 amide bonds. The second kappa shape index (κ2) is 5.09. The lowest BCUT2D eigenvalue weighted by Crippen LogP contribution is -2.10. The molecule has 1 saturated carbocycles. The summed E-state index contributed by atoms with van der Waals surface area (Å²) in [6.07, 6.45) is 4.17. The summed E-state index contributed by atoms with van der Waals surface area (Å²) in [5.74, 6) is 1.53. The molecule has 1 unspecified atom stereocenters. The molecular weight excluding hydrogens is 212 g/mol. The number of aliphatic hydroxyl groups is 1. The Morgan fingerprint density at radius 1 is 1.29 bits per heavy atom. The highest BCUT2D eigenvalue weighted by Gasteiger charge is 2.29. The Balaban J connectivity index is 2.02. The van der Waals surface area contributed by atoms with Crippen molar-refractivity contribution in [2.75, 3.05) is 7.11 Å². The summed E-state index contributed by atoms with van der Waals surface area (Å²) in [6.45, 7) is 4.18. The molecule has 0 heterocycles. The van der Waals surface area contributed by atoms with Crippen LogP contribution in [0.4, 0.5) is 0 Å². The molecule has 0 radical (unpaired) electrons. The summed E-state index contributed by atoms with van der Waals surface area (Å²) >= 11 is 0. The van der Waals surface area contributed by atoms with Crippen LogP contribution in [-0.2, 0) is 6.42 Å². The number of benzene rings is 1. The standard InChI is InChI=1S/C15H22O2/c1-10-9-15(17-3)11(2)8-13(10)6-7-14(16)12-4-5-12/h8-9,12,14,16H,4-7H2,1-3H3. The van der Waals surface area contributed by atoms with Crippen molar-refractivity contribution in [2.45, 2.75) is 45.6 Å². The predicted molar refractivity (Wildman–Crippen MR) is 69.5 cm³/mol. The van der Waals surface area contributed by atoms with Crippen LogP contribution in [0.25, 0.3) is 0 Å². The molecule has 1 fully saturated rings. The fraction of sp³-hybridized carbons (Fsp3) is 0.600. The maximum Gasteiger partial charge on any atom is 0.122 e. The third-order valence-corrected chi connectivity index (χ3v) is 3.73. The van der Waals surface area contributed by atoms with Crippen molar-refractivity contribution in [2.24, 2.45) is 5.92 Å². The van der Waals surface area contributed by atoms with Crippen LogP contribution >= 0.6 is 0 Å². The van der Waals surface area contributed by atoms with Gasteiger partial charge >= 0.3 is 0 Å². The number of hydrogen-bond acceptors (Lipinski definition) is 2. The monoisotopic (exact) mass is 234 g/mol. The smallest absolute Gasteiger partial charge is 0.122 e. The summed E-state index contributed by atoms with van der Waals surface area (Å²) in [5, 5.41) is 9.89. The van der Waals surface area contributed by atoms with Gasteiger partial charge in [-0.1, -0.05) is 6.07 Å². The molecule has 1 aromatic rings. The Labute approximate surface area is 104 Å². The molecule has 0 spiro atoms. The van der Waals surface area contributed by atoms with Gasteiger partial charge < -0.3 is 9.84 Å². The second-order valence-corrected chi connectivity index (χ2v) is 5.19. The molecule has 0 saturated heterocycles. The van der Waals surface area contributed by atoms with Gasteiger partial charge in [0, 0.05) is 0 Å². The molecule has 0 bridgehead atoms. The van der Waals surface area contributed by atoms with Gasteiger partial charge in [0.05, 0.1) is 13.2 Å². The molecule has 1 atom stereocenters. The van der Waals surface area contributed by atoms with Gasteiger partial charge in [-0.2, -0.15) is 0 Å². The highest BCUT2D eigenvalue weighted by atomic mass is 16.5. The van der Waals surface area contributed by atoms with E-state index >= 15 is 0 Å². The van der Waals surface area contributed by atoms with Gasteiger partial charge in [0.2, 0.25) is 0 Å². The molecular formula is C15H22O2. The van der Waals surface area contributed by atoms with Crippen LogP contribution in [-0.4, -0.2) is 18.3 Å². The average molecular weight is 234 g/mol. The Bertz CT molecular complexity index is 394. The largest absolute Gasteiger partial charge is 0.496 e. The van der Waals surface area contributed by atoms with E-state index in [1.54, 1.807) is 7.11 Å². The van der Waals surface area contributed by atoms with Crippen LogP contribution in [0, 0.1) is 19.8 Å². The minimum absolute atomic E-state index is 0.100. The van der Waals surface area contributed by atoms with Gasteiger partial charge in [-0.15, -0.1) is 0 Å². The minimum Gasteiger partial charge on any atom is -0.496 e. The van der Waals surface area contributed by atoms with Crippen molar-refractivity contribution in [3.05, 3.63) is 28.8 Å². The number of hydrogen-bond donors (Lipinski definition) is 1. The quantitative estimate of drug-likeness (QED) is 0.848. The van der Waals surface area contributed by atoms with E-state index in [0.717, 1.165) is 18.6 Å². The maximum atomic E-state index is 9.89. The number of aryl methyl sites for hydroxylation is 3. The third-order valence-electron chi connectivity index (χ3n) is 3.73. The first-order chi connectivity index (χ1) is 8.11. The molecule has 2 heteroatoms. The van der Waals surface area contributed by atoms with E-state index in [0.29, 0.717) is 5.92 Å². The number of rotatable bonds is 5. The van der Waals surface area contributed by atoms with Crippen LogP contribution in [0.5, 0.6) is 5.75 Å². The minimum atomic E-state index is -0.100. The maximum absolute atomic E-state index is 9.89. The van der Waals surface area contributed by atoms with E-state index in [4.69, 9.17) is 4.74 Å². The molecule has 0 aromatic heterocycles. The zero-order valence-corrected chi connectivity index (χ0v) is 11.0. The molecule has 2 rings (SSSR count). The Hall–Kier alpha value is -1.02. The van der Waals surface area contributed by atoms with Crippen molar-refractivity contribution in [3.63, 3.8) is 0 Å². The van der Waals surface area contributed by atoms with Crippen LogP contribution in [0.15, 0.2) is 12.1 Å². The van der Waals surface area contributed by atoms with Gasteiger partial charge in [-0.3, -0.25) is 0 Å². The van der Waals surface area contributed by atoms with Crippen LogP contribution in [0.3, 0.4) is 0 Å². The second-order valence-electron chi connectivity index (χ2n) is 5.19. The summed E-state index contributed by atoms with van der Waals surface area (Å²) < 4.78 is 5.31. The summed E-state index contributed by atoms with van der Waals surface area (Å²) in [6, 6.07) is 4.28. The lowest BCUT2D eigenvalue weighted by atomic mass is 9.98. The highest BCUT2D eigenvalue weighted by Crippen LogP contribution is 2.34. The number of methoxy groups -OCH3 is 1. The zero-order valence-electron chi connectivity index (χ0n) is 11.0. The van der Waals surface area contributed by atoms with Crippen molar-refractivity contribution >= 4 is 0 Å². The lowest BCUT2D eigenvalue weighted by molar-refractivity contribution is 0.142. The van der Waals surface area contributed by atoms with Gasteiger partial charge in [-0.25, -0.2) is 0 Å². The average Bonchev–Trinajstić information content (AvgIpc) is 3.13. The molecule has 17 heavy (non-hydrogen) atoms. The molecule has 2 nitrogen and oxygen atoms in total. The van der Waals surface area contributed by atoms with E-state index < -0.39 is 0 Å². The molecule has 1 aliphatic carbocycles. The molecule has 1 aliphatic rings. The van der Waals surface area contributed by atoms with Gasteiger partial charge in [0.25, 0.3) is 0 Å². The van der Waals surface area contributed by atoms with E-state index in [1.807, 2.05) is 0 Å². The SMILES string of the molecule is COc1cc(C)c(CCC(O)C2CC2)cc1C. The van der Waals surface area contributed by atoms with E-state index in [-0.39, 0.29) is 6.10 Å². The van der Waals surface area contributed by atoms with E-state index in [1.165, 1.54) is 29.5 Å². The van der Waals surface area contributed by atoms with Crippen molar-refractivity contribution in [1.82, 2.24) is 0 Å². The van der Waals surface area contributed by atoms with E-state index in [2.05, 4.69) is 26.0 Å². The number of aliphatic hydroxyl groups excluding tert-OH is 1. The van der Waals surface area contributed by atoms with Crippen molar-refractivity contribution < 1.29 is 9.84 Å². The van der Waals surface area contributed by atoms with E-state index in [9.17, 15) is 5.11 Å². The molecule has 1 N–H and O–H groups in total. The molecule has 1 aromatic carbocycles. The third kappa shape index (κ3) is 3.01. The Kier molecular flexibility index (Phi) is 3.72. The Morgan fingerprint density at radius 3 is 2.59 bits per heavy atom. The van der Waals surface area contributed by atoms with Gasteiger partial charge in [0.15, 0.2) is 0 Å².